The van der Waals surface area contributed by atoms with Gasteiger partial charge in [-0.1, -0.05) is 17.7 Å². The van der Waals surface area contributed by atoms with Gasteiger partial charge in [0, 0.05) is 36.5 Å². The van der Waals surface area contributed by atoms with Crippen LogP contribution in [0.15, 0.2) is 33.5 Å². The molecule has 1 saturated heterocycles. The van der Waals surface area contributed by atoms with Gasteiger partial charge in [-0.25, -0.2) is 4.79 Å². The van der Waals surface area contributed by atoms with Gasteiger partial charge < -0.3 is 14.4 Å². The average molecular weight is 449 g/mol. The molecule has 1 atom stereocenters. The van der Waals surface area contributed by atoms with E-state index in [1.165, 1.54) is 5.12 Å². The van der Waals surface area contributed by atoms with Gasteiger partial charge in [0.1, 0.15) is 6.61 Å². The molecule has 3 rings (SSSR count). The number of carbonyl (C=O) groups excluding carboxylic acids is 1. The summed E-state index contributed by atoms with van der Waals surface area (Å²) in [6, 6.07) is 5.45. The maximum atomic E-state index is 12.6. The number of piperidine rings is 1. The predicted molar refractivity (Wildman–Crippen MR) is 121 cm³/mol. The van der Waals surface area contributed by atoms with E-state index in [4.69, 9.17) is 21.1 Å². The van der Waals surface area contributed by atoms with Gasteiger partial charge in [0.15, 0.2) is 6.23 Å². The molecular weight excluding hydrogens is 420 g/mol. The highest BCUT2D eigenvalue weighted by Gasteiger charge is 2.30. The topological polar surface area (TPSA) is 91.1 Å². The first kappa shape index (κ1) is 22.9. The molecule has 1 unspecified atom stereocenters. The van der Waals surface area contributed by atoms with E-state index in [0.29, 0.717) is 24.7 Å². The Bertz CT molecular complexity index is 863. The molecule has 0 spiro atoms. The zero-order valence-corrected chi connectivity index (χ0v) is 18.9. The number of amides is 1. The first-order chi connectivity index (χ1) is 14.9. The highest BCUT2D eigenvalue weighted by Crippen LogP contribution is 2.23. The average Bonchev–Trinajstić information content (AvgIpc) is 3.18. The third kappa shape index (κ3) is 6.33. The summed E-state index contributed by atoms with van der Waals surface area (Å²) in [5, 5.41) is 14.5. The second-order valence-corrected chi connectivity index (χ2v) is 8.22. The van der Waals surface area contributed by atoms with Gasteiger partial charge in [0.25, 0.3) is 0 Å². The van der Waals surface area contributed by atoms with Crippen LogP contribution in [0.5, 0.6) is 0 Å². The third-order valence-corrected chi connectivity index (χ3v) is 5.30. The van der Waals surface area contributed by atoms with Crippen molar-refractivity contribution in [2.24, 2.45) is 21.2 Å². The smallest absolute Gasteiger partial charge is 0.410 e. The van der Waals surface area contributed by atoms with Crippen LogP contribution in [-0.4, -0.2) is 53.8 Å². The number of rotatable bonds is 7. The Morgan fingerprint density at radius 3 is 2.74 bits per heavy atom. The molecule has 1 aromatic carbocycles. The van der Waals surface area contributed by atoms with E-state index in [-0.39, 0.29) is 24.8 Å². The summed E-state index contributed by atoms with van der Waals surface area (Å²) in [4.78, 5) is 14.3. The highest BCUT2D eigenvalue weighted by molar-refractivity contribution is 6.30. The molecule has 2 aliphatic rings. The highest BCUT2D eigenvalue weighted by atomic mass is 35.5. The summed E-state index contributed by atoms with van der Waals surface area (Å²) in [5.41, 5.74) is 5.47. The van der Waals surface area contributed by atoms with E-state index < -0.39 is 0 Å². The molecule has 1 aromatic rings. The molecule has 0 saturated carbocycles. The summed E-state index contributed by atoms with van der Waals surface area (Å²) in [6.07, 6.45) is 1.16. The molecule has 0 bridgehead atoms. The molecule has 9 nitrogen and oxygen atoms in total. The van der Waals surface area contributed by atoms with E-state index >= 15 is 0 Å². The van der Waals surface area contributed by atoms with Crippen LogP contribution >= 0.6 is 11.6 Å². The van der Waals surface area contributed by atoms with Crippen molar-refractivity contribution in [2.45, 2.75) is 53.0 Å². The van der Waals surface area contributed by atoms with Crippen LogP contribution in [0.1, 0.15) is 44.7 Å². The van der Waals surface area contributed by atoms with E-state index in [0.717, 1.165) is 35.6 Å². The molecule has 2 aliphatic heterocycles. The molecule has 168 valence electrons. The van der Waals surface area contributed by atoms with Crippen molar-refractivity contribution in [2.75, 3.05) is 13.1 Å². The van der Waals surface area contributed by atoms with Gasteiger partial charge in [-0.15, -0.1) is 5.10 Å². The molecule has 10 heteroatoms. The summed E-state index contributed by atoms with van der Waals surface area (Å²) < 4.78 is 11.2. The molecule has 1 N–H and O–H groups in total. The van der Waals surface area contributed by atoms with Crippen molar-refractivity contribution < 1.29 is 14.3 Å². The lowest BCUT2D eigenvalue weighted by atomic mass is 9.97. The van der Waals surface area contributed by atoms with E-state index in [2.05, 4.69) is 27.4 Å². The fourth-order valence-electron chi connectivity index (χ4n) is 3.50. The normalized spacial score (nSPS) is 18.5. The van der Waals surface area contributed by atoms with Crippen molar-refractivity contribution in [3.05, 3.63) is 34.3 Å². The van der Waals surface area contributed by atoms with Crippen LogP contribution < -0.4 is 5.43 Å². The van der Waals surface area contributed by atoms with Gasteiger partial charge in [0.05, 0.1) is 6.54 Å². The van der Waals surface area contributed by atoms with Crippen LogP contribution in [0.25, 0.3) is 0 Å². The lowest BCUT2D eigenvalue weighted by Crippen LogP contribution is -2.40. The molecule has 0 aromatic heterocycles. The van der Waals surface area contributed by atoms with Crippen LogP contribution in [-0.2, 0) is 22.6 Å². The number of hydrazone groups is 3. The third-order valence-electron chi connectivity index (χ3n) is 5.07. The number of ether oxygens (including phenoxy) is 2. The van der Waals surface area contributed by atoms with Gasteiger partial charge in [-0.05, 0) is 56.9 Å². The fourth-order valence-corrected chi connectivity index (χ4v) is 3.69. The zero-order valence-electron chi connectivity index (χ0n) is 18.2. The molecule has 1 fully saturated rings. The van der Waals surface area contributed by atoms with Crippen LogP contribution in [0.3, 0.4) is 0 Å². The number of likely N-dealkylation sites (tertiary alicyclic amines) is 1. The minimum absolute atomic E-state index is 0.0919. The Morgan fingerprint density at radius 2 is 2.13 bits per heavy atom. The van der Waals surface area contributed by atoms with Crippen molar-refractivity contribution in [3.63, 3.8) is 0 Å². The quantitative estimate of drug-likeness (QED) is 0.506. The lowest BCUT2D eigenvalue weighted by molar-refractivity contribution is 0.0837. The first-order valence-corrected chi connectivity index (χ1v) is 10.7. The maximum Gasteiger partial charge on any atom is 0.410 e. The molecule has 0 aliphatic carbocycles. The number of benzene rings is 1. The SMILES string of the molecule is C=NN(Cc1cc(Cl)ccc1COC(=O)N1CCC(C2=NNC(C)O2)CC1)N=C(C)C. The van der Waals surface area contributed by atoms with Crippen LogP contribution in [0, 0.1) is 5.92 Å². The summed E-state index contributed by atoms with van der Waals surface area (Å²) in [7, 11) is 0. The molecule has 2 heterocycles. The van der Waals surface area contributed by atoms with E-state index in [9.17, 15) is 4.79 Å². The number of carbonyl (C=O) groups is 1. The largest absolute Gasteiger partial charge is 0.455 e. The summed E-state index contributed by atoms with van der Waals surface area (Å²) in [6.45, 7) is 11.0. The Hall–Kier alpha value is -2.81. The number of nitrogens with zero attached hydrogens (tertiary/aromatic N) is 5. The van der Waals surface area contributed by atoms with E-state index in [1.54, 1.807) is 11.0 Å². The predicted octanol–water partition coefficient (Wildman–Crippen LogP) is 3.78. The molecule has 31 heavy (non-hydrogen) atoms. The number of hydrogen-bond acceptors (Lipinski definition) is 8. The van der Waals surface area contributed by atoms with Crippen LogP contribution in [0.2, 0.25) is 5.02 Å². The van der Waals surface area contributed by atoms with Gasteiger partial charge in [-0.2, -0.15) is 15.3 Å². The van der Waals surface area contributed by atoms with Gasteiger partial charge in [-0.3, -0.25) is 5.43 Å². The van der Waals surface area contributed by atoms with Crippen molar-refractivity contribution in [1.82, 2.24) is 15.4 Å². The van der Waals surface area contributed by atoms with Gasteiger partial charge >= 0.3 is 6.09 Å². The second-order valence-electron chi connectivity index (χ2n) is 7.79. The summed E-state index contributed by atoms with van der Waals surface area (Å²) in [5.74, 6) is 0.959. The van der Waals surface area contributed by atoms with Crippen molar-refractivity contribution in [3.8, 4) is 0 Å². The first-order valence-electron chi connectivity index (χ1n) is 10.3. The Kier molecular flexibility index (Phi) is 7.73. The van der Waals surface area contributed by atoms with E-state index in [1.807, 2.05) is 32.9 Å². The van der Waals surface area contributed by atoms with Crippen molar-refractivity contribution >= 4 is 36.0 Å². The monoisotopic (exact) mass is 448 g/mol. The maximum absolute atomic E-state index is 12.6. The Balaban J connectivity index is 1.55. The minimum atomic E-state index is -0.332. The van der Waals surface area contributed by atoms with Crippen LogP contribution in [0.4, 0.5) is 4.79 Å². The zero-order chi connectivity index (χ0) is 22.4. The molecular formula is C21H29ClN6O3. The lowest BCUT2D eigenvalue weighted by Gasteiger charge is -2.30. The summed E-state index contributed by atoms with van der Waals surface area (Å²) >= 11 is 6.17. The van der Waals surface area contributed by atoms with Crippen molar-refractivity contribution in [1.29, 1.82) is 0 Å². The fraction of sp³-hybridized carbons (Fsp3) is 0.524. The number of halogens is 1. The Morgan fingerprint density at radius 1 is 1.39 bits per heavy atom. The second kappa shape index (κ2) is 10.5. The molecule has 0 radical (unpaired) electrons. The standard InChI is InChI=1S/C21H29ClN6O3/c1-14(2)26-28(23-4)12-18-11-19(22)6-5-17(18)13-30-21(29)27-9-7-16(8-10-27)20-25-24-15(3)31-20/h5-6,11,15-16,24H,4,7-10,12-13H2,1-3H3. The number of nitrogens with one attached hydrogen (secondary N) is 1. The Labute approximate surface area is 187 Å². The molecule has 1 amide bonds. The number of hydrogen-bond donors (Lipinski definition) is 1. The van der Waals surface area contributed by atoms with Gasteiger partial charge in [0.2, 0.25) is 5.90 Å². The minimum Gasteiger partial charge on any atom is -0.455 e.